The van der Waals surface area contributed by atoms with Gasteiger partial charge in [-0.15, -0.1) is 0 Å². The number of nitrogens with two attached hydrogens (primary N) is 1. The Bertz CT molecular complexity index is 470. The third-order valence-corrected chi connectivity index (χ3v) is 3.42. The largest absolute Gasteiger partial charge is 0.352 e. The average Bonchev–Trinajstić information content (AvgIpc) is 2.32. The minimum absolute atomic E-state index is 0.0278. The number of nitrogens with zero attached hydrogens (tertiary/aromatic N) is 2. The first-order chi connectivity index (χ1) is 8.46. The summed E-state index contributed by atoms with van der Waals surface area (Å²) in [5.41, 5.74) is 7.08. The van der Waals surface area contributed by atoms with Gasteiger partial charge in [0.2, 0.25) is 5.91 Å². The SMILES string of the molecule is Cc1ccc(CN)c(N2CCNC(=O)C2(C)C)n1. The highest BCUT2D eigenvalue weighted by Gasteiger charge is 2.39. The highest BCUT2D eigenvalue weighted by molar-refractivity contribution is 5.90. The first kappa shape index (κ1) is 12.8. The molecule has 5 heteroatoms. The quantitative estimate of drug-likeness (QED) is 0.802. The summed E-state index contributed by atoms with van der Waals surface area (Å²) < 4.78 is 0. The summed E-state index contributed by atoms with van der Waals surface area (Å²) >= 11 is 0. The third kappa shape index (κ3) is 2.06. The van der Waals surface area contributed by atoms with E-state index >= 15 is 0 Å². The molecule has 1 aliphatic rings. The standard InChI is InChI=1S/C13H20N4O/c1-9-4-5-10(8-14)11(16-9)17-7-6-15-12(18)13(17,2)3/h4-5H,6-8,14H2,1-3H3,(H,15,18). The average molecular weight is 248 g/mol. The summed E-state index contributed by atoms with van der Waals surface area (Å²) in [7, 11) is 0. The Kier molecular flexibility index (Phi) is 3.26. The lowest BCUT2D eigenvalue weighted by Gasteiger charge is -2.42. The van der Waals surface area contributed by atoms with Crippen molar-refractivity contribution in [2.24, 2.45) is 5.73 Å². The molecule has 1 aromatic heterocycles. The van der Waals surface area contributed by atoms with E-state index in [9.17, 15) is 4.79 Å². The zero-order valence-corrected chi connectivity index (χ0v) is 11.2. The molecule has 1 aliphatic heterocycles. The molecular formula is C13H20N4O. The Morgan fingerprint density at radius 2 is 2.22 bits per heavy atom. The van der Waals surface area contributed by atoms with Crippen molar-refractivity contribution in [1.82, 2.24) is 10.3 Å². The molecular weight excluding hydrogens is 228 g/mol. The molecule has 1 amide bonds. The zero-order valence-electron chi connectivity index (χ0n) is 11.2. The van der Waals surface area contributed by atoms with Gasteiger partial charge in [0, 0.05) is 30.9 Å². The predicted octanol–water partition coefficient (Wildman–Crippen LogP) is 0.564. The molecule has 98 valence electrons. The van der Waals surface area contributed by atoms with Crippen molar-refractivity contribution in [3.63, 3.8) is 0 Å². The third-order valence-electron chi connectivity index (χ3n) is 3.42. The molecule has 0 atom stereocenters. The van der Waals surface area contributed by atoms with E-state index in [-0.39, 0.29) is 5.91 Å². The number of carbonyl (C=O) groups excluding carboxylic acids is 1. The number of amides is 1. The molecule has 0 bridgehead atoms. The van der Waals surface area contributed by atoms with Crippen LogP contribution in [0.15, 0.2) is 12.1 Å². The van der Waals surface area contributed by atoms with Crippen molar-refractivity contribution in [2.45, 2.75) is 32.9 Å². The van der Waals surface area contributed by atoms with Crippen LogP contribution in [0.2, 0.25) is 0 Å². The van der Waals surface area contributed by atoms with Gasteiger partial charge in [0.05, 0.1) is 0 Å². The van der Waals surface area contributed by atoms with Crippen LogP contribution in [0.25, 0.3) is 0 Å². The van der Waals surface area contributed by atoms with Gasteiger partial charge in [0.15, 0.2) is 0 Å². The molecule has 2 rings (SSSR count). The highest BCUT2D eigenvalue weighted by Crippen LogP contribution is 2.27. The van der Waals surface area contributed by atoms with Crippen LogP contribution in [0.4, 0.5) is 5.82 Å². The Morgan fingerprint density at radius 3 is 2.89 bits per heavy atom. The highest BCUT2D eigenvalue weighted by atomic mass is 16.2. The second-order valence-electron chi connectivity index (χ2n) is 5.11. The minimum atomic E-state index is -0.594. The molecule has 18 heavy (non-hydrogen) atoms. The molecule has 1 saturated heterocycles. The first-order valence-corrected chi connectivity index (χ1v) is 6.19. The van der Waals surface area contributed by atoms with Crippen molar-refractivity contribution >= 4 is 11.7 Å². The molecule has 3 N–H and O–H groups in total. The Balaban J connectivity index is 2.46. The van der Waals surface area contributed by atoms with Crippen molar-refractivity contribution < 1.29 is 4.79 Å². The molecule has 0 spiro atoms. The molecule has 0 radical (unpaired) electrons. The molecule has 0 aromatic carbocycles. The van der Waals surface area contributed by atoms with Crippen molar-refractivity contribution in [3.05, 3.63) is 23.4 Å². The second kappa shape index (κ2) is 4.57. The van der Waals surface area contributed by atoms with Gasteiger partial charge in [-0.05, 0) is 26.8 Å². The van der Waals surface area contributed by atoms with Crippen LogP contribution in [0.3, 0.4) is 0 Å². The summed E-state index contributed by atoms with van der Waals surface area (Å²) in [6, 6.07) is 3.93. The van der Waals surface area contributed by atoms with Crippen LogP contribution in [-0.2, 0) is 11.3 Å². The number of carbonyl (C=O) groups is 1. The molecule has 0 saturated carbocycles. The maximum absolute atomic E-state index is 12.0. The van der Waals surface area contributed by atoms with Crippen molar-refractivity contribution in [3.8, 4) is 0 Å². The van der Waals surface area contributed by atoms with Crippen molar-refractivity contribution in [1.29, 1.82) is 0 Å². The normalized spacial score (nSPS) is 18.7. The number of hydrogen-bond acceptors (Lipinski definition) is 4. The summed E-state index contributed by atoms with van der Waals surface area (Å²) in [6.07, 6.45) is 0. The van der Waals surface area contributed by atoms with Crippen LogP contribution in [0.1, 0.15) is 25.1 Å². The lowest BCUT2D eigenvalue weighted by atomic mass is 9.98. The van der Waals surface area contributed by atoms with Crippen LogP contribution < -0.4 is 16.0 Å². The van der Waals surface area contributed by atoms with Gasteiger partial charge in [-0.2, -0.15) is 0 Å². The molecule has 1 fully saturated rings. The van der Waals surface area contributed by atoms with Crippen LogP contribution in [0.5, 0.6) is 0 Å². The zero-order chi connectivity index (χ0) is 13.3. The fourth-order valence-electron chi connectivity index (χ4n) is 2.24. The topological polar surface area (TPSA) is 71.2 Å². The van der Waals surface area contributed by atoms with E-state index in [4.69, 9.17) is 5.73 Å². The van der Waals surface area contributed by atoms with Crippen LogP contribution in [0, 0.1) is 6.92 Å². The van der Waals surface area contributed by atoms with E-state index < -0.39 is 5.54 Å². The van der Waals surface area contributed by atoms with Gasteiger partial charge in [-0.3, -0.25) is 4.79 Å². The number of rotatable bonds is 2. The number of anilines is 1. The lowest BCUT2D eigenvalue weighted by Crippen LogP contribution is -2.62. The van der Waals surface area contributed by atoms with Crippen molar-refractivity contribution in [2.75, 3.05) is 18.0 Å². The van der Waals surface area contributed by atoms with E-state index in [1.54, 1.807) is 0 Å². The Morgan fingerprint density at radius 1 is 1.50 bits per heavy atom. The Labute approximate surface area is 107 Å². The van der Waals surface area contributed by atoms with Gasteiger partial charge in [0.25, 0.3) is 0 Å². The second-order valence-corrected chi connectivity index (χ2v) is 5.11. The molecule has 5 nitrogen and oxygen atoms in total. The van der Waals surface area contributed by atoms with E-state index in [0.717, 1.165) is 23.6 Å². The Hall–Kier alpha value is -1.62. The summed E-state index contributed by atoms with van der Waals surface area (Å²) in [4.78, 5) is 18.6. The maximum Gasteiger partial charge on any atom is 0.245 e. The number of aryl methyl sites for hydroxylation is 1. The molecule has 0 aliphatic carbocycles. The molecule has 0 unspecified atom stereocenters. The number of aromatic nitrogens is 1. The number of pyridine rings is 1. The monoisotopic (exact) mass is 248 g/mol. The fourth-order valence-corrected chi connectivity index (χ4v) is 2.24. The van der Waals surface area contributed by atoms with Crippen LogP contribution >= 0.6 is 0 Å². The first-order valence-electron chi connectivity index (χ1n) is 6.19. The van der Waals surface area contributed by atoms with E-state index in [0.29, 0.717) is 13.1 Å². The maximum atomic E-state index is 12.0. The summed E-state index contributed by atoms with van der Waals surface area (Å²) in [6.45, 7) is 7.58. The summed E-state index contributed by atoms with van der Waals surface area (Å²) in [5.74, 6) is 0.859. The summed E-state index contributed by atoms with van der Waals surface area (Å²) in [5, 5.41) is 2.88. The van der Waals surface area contributed by atoms with Gasteiger partial charge in [-0.25, -0.2) is 4.98 Å². The van der Waals surface area contributed by atoms with Crippen LogP contribution in [-0.4, -0.2) is 29.5 Å². The van der Waals surface area contributed by atoms with Gasteiger partial charge in [-0.1, -0.05) is 6.07 Å². The van der Waals surface area contributed by atoms with Gasteiger partial charge >= 0.3 is 0 Å². The van der Waals surface area contributed by atoms with Gasteiger partial charge in [0.1, 0.15) is 11.4 Å². The van der Waals surface area contributed by atoms with E-state index in [1.807, 2.05) is 37.8 Å². The number of piperazine rings is 1. The van der Waals surface area contributed by atoms with E-state index in [1.165, 1.54) is 0 Å². The molecule has 1 aromatic rings. The number of hydrogen-bond donors (Lipinski definition) is 2. The predicted molar refractivity (Wildman–Crippen MR) is 71.3 cm³/mol. The number of nitrogens with one attached hydrogen (secondary N) is 1. The van der Waals surface area contributed by atoms with Gasteiger partial charge < -0.3 is 16.0 Å². The smallest absolute Gasteiger partial charge is 0.245 e. The van der Waals surface area contributed by atoms with E-state index in [2.05, 4.69) is 10.3 Å². The minimum Gasteiger partial charge on any atom is -0.352 e. The fraction of sp³-hybridized carbons (Fsp3) is 0.538. The lowest BCUT2D eigenvalue weighted by molar-refractivity contribution is -0.126. The molecule has 2 heterocycles.